The fourth-order valence-corrected chi connectivity index (χ4v) is 3.98. The predicted molar refractivity (Wildman–Crippen MR) is 116 cm³/mol. The third-order valence-corrected chi connectivity index (χ3v) is 5.59. The number of amides is 3. The lowest BCUT2D eigenvalue weighted by atomic mass is 9.95. The Morgan fingerprint density at radius 3 is 2.55 bits per heavy atom. The van der Waals surface area contributed by atoms with Crippen molar-refractivity contribution in [2.45, 2.75) is 26.3 Å². The zero-order valence-corrected chi connectivity index (χ0v) is 18.2. The molecular weight excluding hydrogens is 430 g/mol. The summed E-state index contributed by atoms with van der Waals surface area (Å²) in [5.41, 5.74) is -0.0319. The SMILES string of the molecule is CC(C)[C@H](NC(=O)CN1C(=O)c2cccc([N+](=O)[O-])c2C1=O)c1ccc2c(c1)OCCCO2. The molecule has 0 aromatic heterocycles. The van der Waals surface area contributed by atoms with Crippen LogP contribution in [0.1, 0.15) is 52.6 Å². The highest BCUT2D eigenvalue weighted by molar-refractivity contribution is 6.24. The van der Waals surface area contributed by atoms with E-state index in [0.717, 1.165) is 23.0 Å². The molecule has 4 rings (SSSR count). The molecule has 1 N–H and O–H groups in total. The quantitative estimate of drug-likeness (QED) is 0.405. The molecule has 0 bridgehead atoms. The van der Waals surface area contributed by atoms with Crippen LogP contribution in [0.25, 0.3) is 0 Å². The Kier molecular flexibility index (Phi) is 5.99. The minimum Gasteiger partial charge on any atom is -0.490 e. The highest BCUT2D eigenvalue weighted by atomic mass is 16.6. The average molecular weight is 453 g/mol. The Morgan fingerprint density at radius 2 is 1.85 bits per heavy atom. The Morgan fingerprint density at radius 1 is 1.12 bits per heavy atom. The molecule has 2 aromatic rings. The van der Waals surface area contributed by atoms with Crippen LogP contribution in [0.5, 0.6) is 11.5 Å². The van der Waals surface area contributed by atoms with Crippen molar-refractivity contribution in [2.24, 2.45) is 5.92 Å². The maximum atomic E-state index is 12.8. The number of benzene rings is 2. The summed E-state index contributed by atoms with van der Waals surface area (Å²) in [6.07, 6.45) is 0.771. The van der Waals surface area contributed by atoms with Gasteiger partial charge in [0, 0.05) is 12.5 Å². The van der Waals surface area contributed by atoms with Crippen molar-refractivity contribution in [2.75, 3.05) is 19.8 Å². The van der Waals surface area contributed by atoms with Gasteiger partial charge in [-0.2, -0.15) is 0 Å². The fourth-order valence-electron chi connectivity index (χ4n) is 3.98. The highest BCUT2D eigenvalue weighted by Gasteiger charge is 2.41. The van der Waals surface area contributed by atoms with Gasteiger partial charge in [0.1, 0.15) is 12.1 Å². The van der Waals surface area contributed by atoms with Crippen LogP contribution >= 0.6 is 0 Å². The minimum atomic E-state index is -0.853. The maximum Gasteiger partial charge on any atom is 0.282 e. The summed E-state index contributed by atoms with van der Waals surface area (Å²) >= 11 is 0. The Bertz CT molecular complexity index is 1140. The number of nitro benzene ring substituents is 1. The van der Waals surface area contributed by atoms with Gasteiger partial charge in [-0.15, -0.1) is 0 Å². The first-order valence-electron chi connectivity index (χ1n) is 10.6. The summed E-state index contributed by atoms with van der Waals surface area (Å²) in [6, 6.07) is 8.87. The molecule has 3 amide bonds. The zero-order chi connectivity index (χ0) is 23.7. The van der Waals surface area contributed by atoms with Crippen LogP contribution < -0.4 is 14.8 Å². The lowest BCUT2D eigenvalue weighted by molar-refractivity contribution is -0.385. The first-order chi connectivity index (χ1) is 15.8. The summed E-state index contributed by atoms with van der Waals surface area (Å²) in [7, 11) is 0. The number of carbonyl (C=O) groups excluding carboxylic acids is 3. The van der Waals surface area contributed by atoms with Crippen molar-refractivity contribution in [1.82, 2.24) is 10.2 Å². The third-order valence-electron chi connectivity index (χ3n) is 5.59. The van der Waals surface area contributed by atoms with Crippen LogP contribution in [0, 0.1) is 16.0 Å². The first-order valence-corrected chi connectivity index (χ1v) is 10.6. The minimum absolute atomic E-state index is 0.0121. The van der Waals surface area contributed by atoms with Gasteiger partial charge in [0.25, 0.3) is 17.5 Å². The molecule has 172 valence electrons. The van der Waals surface area contributed by atoms with Gasteiger partial charge in [-0.3, -0.25) is 29.4 Å². The van der Waals surface area contributed by atoms with Gasteiger partial charge in [0.05, 0.1) is 29.7 Å². The zero-order valence-electron chi connectivity index (χ0n) is 18.2. The molecule has 0 saturated carbocycles. The monoisotopic (exact) mass is 453 g/mol. The molecule has 0 radical (unpaired) electrons. The predicted octanol–water partition coefficient (Wildman–Crippen LogP) is 2.87. The molecule has 0 aliphatic carbocycles. The van der Waals surface area contributed by atoms with E-state index in [-0.39, 0.29) is 17.0 Å². The van der Waals surface area contributed by atoms with E-state index in [0.29, 0.717) is 24.7 Å². The number of fused-ring (bicyclic) bond motifs is 2. The standard InChI is InChI=1S/C23H23N3O7/c1-13(2)21(14-7-8-17-18(11-14)33-10-4-9-32-17)24-19(27)12-25-22(28)15-5-3-6-16(26(30)31)20(15)23(25)29/h3,5-8,11,13,21H,4,9-10,12H2,1-2H3,(H,24,27)/t21-/m0/s1. The van der Waals surface area contributed by atoms with Crippen LogP contribution in [-0.4, -0.2) is 47.3 Å². The number of nitro groups is 1. The average Bonchev–Trinajstić information content (AvgIpc) is 2.94. The molecule has 1 atom stereocenters. The van der Waals surface area contributed by atoms with Crippen molar-refractivity contribution in [3.8, 4) is 11.5 Å². The van der Waals surface area contributed by atoms with Gasteiger partial charge in [-0.25, -0.2) is 0 Å². The lowest BCUT2D eigenvalue weighted by Gasteiger charge is -2.25. The summed E-state index contributed by atoms with van der Waals surface area (Å²) in [6.45, 7) is 4.41. The molecule has 2 aliphatic heterocycles. The van der Waals surface area contributed by atoms with E-state index < -0.39 is 40.9 Å². The van der Waals surface area contributed by atoms with Gasteiger partial charge in [0.15, 0.2) is 11.5 Å². The maximum absolute atomic E-state index is 12.8. The molecule has 2 heterocycles. The second-order valence-electron chi connectivity index (χ2n) is 8.20. The number of rotatable bonds is 6. The molecule has 10 heteroatoms. The lowest BCUT2D eigenvalue weighted by Crippen LogP contribution is -2.42. The third kappa shape index (κ3) is 4.23. The van der Waals surface area contributed by atoms with E-state index in [4.69, 9.17) is 9.47 Å². The smallest absolute Gasteiger partial charge is 0.282 e. The van der Waals surface area contributed by atoms with Crippen LogP contribution in [0.4, 0.5) is 5.69 Å². The van der Waals surface area contributed by atoms with Crippen molar-refractivity contribution in [3.05, 3.63) is 63.2 Å². The van der Waals surface area contributed by atoms with Crippen molar-refractivity contribution < 1.29 is 28.8 Å². The van der Waals surface area contributed by atoms with Crippen LogP contribution in [-0.2, 0) is 4.79 Å². The summed E-state index contributed by atoms with van der Waals surface area (Å²) in [5, 5.41) is 14.1. The fraction of sp³-hybridized carbons (Fsp3) is 0.348. The number of nitrogens with zero attached hydrogens (tertiary/aromatic N) is 2. The molecule has 0 saturated heterocycles. The first kappa shape index (κ1) is 22.3. The van der Waals surface area contributed by atoms with E-state index in [9.17, 15) is 24.5 Å². The number of imide groups is 1. The van der Waals surface area contributed by atoms with Crippen molar-refractivity contribution >= 4 is 23.4 Å². The molecule has 0 spiro atoms. The molecule has 10 nitrogen and oxygen atoms in total. The number of ether oxygens (including phenoxy) is 2. The van der Waals surface area contributed by atoms with Crippen LogP contribution in [0.15, 0.2) is 36.4 Å². The van der Waals surface area contributed by atoms with Gasteiger partial charge in [0.2, 0.25) is 5.91 Å². The molecular formula is C23H23N3O7. The Labute approximate surface area is 189 Å². The van der Waals surface area contributed by atoms with Crippen LogP contribution in [0.2, 0.25) is 0 Å². The molecule has 0 fully saturated rings. The summed E-state index contributed by atoms with van der Waals surface area (Å²) in [4.78, 5) is 49.5. The van der Waals surface area contributed by atoms with E-state index >= 15 is 0 Å². The molecule has 0 unspecified atom stereocenters. The van der Waals surface area contributed by atoms with E-state index in [1.54, 1.807) is 6.07 Å². The van der Waals surface area contributed by atoms with Gasteiger partial charge < -0.3 is 14.8 Å². The molecule has 33 heavy (non-hydrogen) atoms. The summed E-state index contributed by atoms with van der Waals surface area (Å²) in [5.74, 6) is -0.921. The van der Waals surface area contributed by atoms with Crippen molar-refractivity contribution in [3.63, 3.8) is 0 Å². The van der Waals surface area contributed by atoms with Gasteiger partial charge in [-0.05, 0) is 29.7 Å². The largest absolute Gasteiger partial charge is 0.490 e. The van der Waals surface area contributed by atoms with Gasteiger partial charge in [-0.1, -0.05) is 26.0 Å². The number of hydrogen-bond acceptors (Lipinski definition) is 7. The normalized spacial score (nSPS) is 15.8. The Balaban J connectivity index is 1.52. The van der Waals surface area contributed by atoms with Crippen LogP contribution in [0.3, 0.4) is 0 Å². The Hall–Kier alpha value is -3.95. The second-order valence-corrected chi connectivity index (χ2v) is 8.20. The second kappa shape index (κ2) is 8.89. The highest BCUT2D eigenvalue weighted by Crippen LogP contribution is 2.34. The number of nitrogens with one attached hydrogen (secondary N) is 1. The summed E-state index contributed by atoms with van der Waals surface area (Å²) < 4.78 is 11.4. The number of carbonyl (C=O) groups is 3. The van der Waals surface area contributed by atoms with E-state index in [1.165, 1.54) is 12.1 Å². The van der Waals surface area contributed by atoms with Crippen molar-refractivity contribution in [1.29, 1.82) is 0 Å². The topological polar surface area (TPSA) is 128 Å². The number of hydrogen-bond donors (Lipinski definition) is 1. The van der Waals surface area contributed by atoms with Gasteiger partial charge >= 0.3 is 0 Å². The van der Waals surface area contributed by atoms with E-state index in [2.05, 4.69) is 5.32 Å². The molecule has 2 aromatic carbocycles. The molecule has 2 aliphatic rings. The van der Waals surface area contributed by atoms with E-state index in [1.807, 2.05) is 26.0 Å².